The Kier molecular flexibility index (Phi) is 5.42. The highest BCUT2D eigenvalue weighted by Crippen LogP contribution is 2.48. The summed E-state index contributed by atoms with van der Waals surface area (Å²) in [6.07, 6.45) is 2.80. The predicted octanol–water partition coefficient (Wildman–Crippen LogP) is 2.71. The lowest BCUT2D eigenvalue weighted by Gasteiger charge is -2.27. The number of hydrogen-bond donors (Lipinski definition) is 2. The van der Waals surface area contributed by atoms with Gasteiger partial charge in [-0.2, -0.15) is 13.2 Å². The van der Waals surface area contributed by atoms with Crippen molar-refractivity contribution < 1.29 is 26.4 Å². The van der Waals surface area contributed by atoms with Crippen LogP contribution >= 0.6 is 12.4 Å². The lowest BCUT2D eigenvalue weighted by molar-refractivity contribution is -0.121. The van der Waals surface area contributed by atoms with Crippen LogP contribution in [0.1, 0.15) is 19.3 Å². The van der Waals surface area contributed by atoms with E-state index in [0.717, 1.165) is 37.5 Å². The highest BCUT2D eigenvalue weighted by atomic mass is 35.5. The summed E-state index contributed by atoms with van der Waals surface area (Å²) in [6.45, 7) is 0. The third kappa shape index (κ3) is 3.50. The number of sulfone groups is 1. The van der Waals surface area contributed by atoms with E-state index < -0.39 is 20.2 Å². The summed E-state index contributed by atoms with van der Waals surface area (Å²) in [7, 11) is -5.45. The summed E-state index contributed by atoms with van der Waals surface area (Å²) in [5.41, 5.74) is 0.697. The fourth-order valence-electron chi connectivity index (χ4n) is 3.83. The Morgan fingerprint density at radius 3 is 2.40 bits per heavy atom. The van der Waals surface area contributed by atoms with Crippen molar-refractivity contribution in [3.05, 3.63) is 24.3 Å². The summed E-state index contributed by atoms with van der Waals surface area (Å²) in [5, 5.41) is 2.51. The van der Waals surface area contributed by atoms with Crippen LogP contribution in [0.15, 0.2) is 29.2 Å². The Bertz CT molecular complexity index is 768. The zero-order chi connectivity index (χ0) is 17.7. The number of nitrogens with one attached hydrogen (secondary N) is 1. The molecule has 2 fully saturated rings. The molecule has 0 saturated heterocycles. The highest BCUT2D eigenvalue weighted by Gasteiger charge is 2.49. The number of anilines is 1. The van der Waals surface area contributed by atoms with Crippen molar-refractivity contribution in [2.75, 3.05) is 5.32 Å². The lowest BCUT2D eigenvalue weighted by atomic mass is 9.84. The molecule has 1 aromatic rings. The van der Waals surface area contributed by atoms with E-state index in [2.05, 4.69) is 5.32 Å². The monoisotopic (exact) mass is 398 g/mol. The van der Waals surface area contributed by atoms with Crippen molar-refractivity contribution in [2.24, 2.45) is 23.5 Å². The lowest BCUT2D eigenvalue weighted by Crippen LogP contribution is -2.42. The van der Waals surface area contributed by atoms with Crippen molar-refractivity contribution in [3.8, 4) is 0 Å². The van der Waals surface area contributed by atoms with E-state index in [1.54, 1.807) is 0 Å². The van der Waals surface area contributed by atoms with Crippen molar-refractivity contribution >= 4 is 33.8 Å². The molecule has 3 rings (SSSR count). The second-order valence-corrected chi connectivity index (χ2v) is 8.34. The van der Waals surface area contributed by atoms with Gasteiger partial charge in [-0.15, -0.1) is 12.4 Å². The highest BCUT2D eigenvalue weighted by molar-refractivity contribution is 7.92. The van der Waals surface area contributed by atoms with E-state index in [1.165, 1.54) is 6.07 Å². The molecule has 2 saturated carbocycles. The summed E-state index contributed by atoms with van der Waals surface area (Å²) < 4.78 is 60.8. The van der Waals surface area contributed by atoms with Gasteiger partial charge in [0.25, 0.3) is 9.84 Å². The molecule has 0 aromatic heterocycles. The number of benzene rings is 1. The SMILES string of the molecule is Cl.NC1C2CCC(C2)C1C(=O)Nc1cccc(S(=O)(=O)C(F)(F)F)c1. The van der Waals surface area contributed by atoms with E-state index >= 15 is 0 Å². The molecule has 3 N–H and O–H groups in total. The normalized spacial score (nSPS) is 28.5. The number of carbonyl (C=O) groups excluding carboxylic acids is 1. The average Bonchev–Trinajstić information content (AvgIpc) is 3.07. The van der Waals surface area contributed by atoms with Crippen molar-refractivity contribution in [3.63, 3.8) is 0 Å². The van der Waals surface area contributed by atoms with Crippen LogP contribution in [0.5, 0.6) is 0 Å². The first kappa shape index (κ1) is 20.0. The van der Waals surface area contributed by atoms with Crippen LogP contribution in [-0.4, -0.2) is 25.9 Å². The van der Waals surface area contributed by atoms with Gasteiger partial charge in [0.1, 0.15) is 0 Å². The van der Waals surface area contributed by atoms with Gasteiger partial charge in [-0.3, -0.25) is 4.79 Å². The van der Waals surface area contributed by atoms with Gasteiger partial charge in [0, 0.05) is 11.7 Å². The van der Waals surface area contributed by atoms with Crippen LogP contribution in [0.4, 0.5) is 18.9 Å². The number of nitrogens with two attached hydrogens (primary N) is 1. The van der Waals surface area contributed by atoms with Crippen molar-refractivity contribution in [2.45, 2.75) is 35.7 Å². The molecule has 2 aliphatic carbocycles. The van der Waals surface area contributed by atoms with E-state index in [1.807, 2.05) is 0 Å². The maximum Gasteiger partial charge on any atom is 0.501 e. The first-order valence-electron chi connectivity index (χ1n) is 7.59. The fraction of sp³-hybridized carbons (Fsp3) is 0.533. The van der Waals surface area contributed by atoms with Gasteiger partial charge in [-0.05, 0) is 49.3 Å². The molecule has 0 radical (unpaired) electrons. The predicted molar refractivity (Wildman–Crippen MR) is 87.9 cm³/mol. The van der Waals surface area contributed by atoms with Gasteiger partial charge in [0.05, 0.1) is 10.8 Å². The molecule has 10 heteroatoms. The molecule has 140 valence electrons. The molecule has 1 amide bonds. The molecular formula is C15H18ClF3N2O3S. The number of rotatable bonds is 3. The van der Waals surface area contributed by atoms with Gasteiger partial charge in [0.2, 0.25) is 5.91 Å². The Balaban J connectivity index is 0.00000225. The maximum absolute atomic E-state index is 12.6. The molecule has 2 bridgehead atoms. The van der Waals surface area contributed by atoms with Gasteiger partial charge < -0.3 is 11.1 Å². The molecular weight excluding hydrogens is 381 g/mol. The molecule has 0 heterocycles. The summed E-state index contributed by atoms with van der Waals surface area (Å²) >= 11 is 0. The molecule has 4 atom stereocenters. The fourth-order valence-corrected chi connectivity index (χ4v) is 4.63. The zero-order valence-electron chi connectivity index (χ0n) is 13.0. The molecule has 0 aliphatic heterocycles. The second-order valence-electron chi connectivity index (χ2n) is 6.40. The van der Waals surface area contributed by atoms with Crippen LogP contribution in [0.2, 0.25) is 0 Å². The number of hydrogen-bond acceptors (Lipinski definition) is 4. The van der Waals surface area contributed by atoms with Crippen LogP contribution in [0, 0.1) is 17.8 Å². The number of fused-ring (bicyclic) bond motifs is 2. The van der Waals surface area contributed by atoms with Crippen LogP contribution in [-0.2, 0) is 14.6 Å². The van der Waals surface area contributed by atoms with Crippen LogP contribution in [0.3, 0.4) is 0 Å². The molecule has 0 spiro atoms. The second kappa shape index (κ2) is 6.77. The van der Waals surface area contributed by atoms with Gasteiger partial charge in [-0.25, -0.2) is 8.42 Å². The third-order valence-corrected chi connectivity index (χ3v) is 6.48. The largest absolute Gasteiger partial charge is 0.501 e. The summed E-state index contributed by atoms with van der Waals surface area (Å²) in [4.78, 5) is 11.5. The van der Waals surface area contributed by atoms with Crippen molar-refractivity contribution in [1.82, 2.24) is 0 Å². The molecule has 4 unspecified atom stereocenters. The number of halogens is 4. The number of alkyl halides is 3. The minimum atomic E-state index is -5.45. The topological polar surface area (TPSA) is 89.3 Å². The van der Waals surface area contributed by atoms with Gasteiger partial charge in [-0.1, -0.05) is 6.07 Å². The maximum atomic E-state index is 12.6. The van der Waals surface area contributed by atoms with Crippen LogP contribution < -0.4 is 11.1 Å². The van der Waals surface area contributed by atoms with Crippen LogP contribution in [0.25, 0.3) is 0 Å². The molecule has 1 aromatic carbocycles. The van der Waals surface area contributed by atoms with E-state index in [9.17, 15) is 26.4 Å². The molecule has 5 nitrogen and oxygen atoms in total. The first-order valence-corrected chi connectivity index (χ1v) is 9.07. The molecule has 2 aliphatic rings. The standard InChI is InChI=1S/C15H17F3N2O3S.ClH/c16-15(17,18)24(22,23)11-3-1-2-10(7-11)20-14(21)12-8-4-5-9(6-8)13(12)19;/h1-3,7-9,12-13H,4-6,19H2,(H,20,21);1H. The van der Waals surface area contributed by atoms with Crippen molar-refractivity contribution in [1.29, 1.82) is 0 Å². The smallest absolute Gasteiger partial charge is 0.327 e. The quantitative estimate of drug-likeness (QED) is 0.819. The van der Waals surface area contributed by atoms with E-state index in [-0.39, 0.29) is 41.9 Å². The minimum Gasteiger partial charge on any atom is -0.327 e. The van der Waals surface area contributed by atoms with Gasteiger partial charge >= 0.3 is 5.51 Å². The minimum absolute atomic E-state index is 0. The van der Waals surface area contributed by atoms with E-state index in [0.29, 0.717) is 5.92 Å². The Morgan fingerprint density at radius 2 is 1.84 bits per heavy atom. The van der Waals surface area contributed by atoms with E-state index in [4.69, 9.17) is 5.73 Å². The zero-order valence-corrected chi connectivity index (χ0v) is 14.6. The summed E-state index contributed by atoms with van der Waals surface area (Å²) in [6, 6.07) is 3.92. The average molecular weight is 399 g/mol. The number of amides is 1. The molecule has 25 heavy (non-hydrogen) atoms. The Hall–Kier alpha value is -1.32. The number of carbonyl (C=O) groups is 1. The first-order chi connectivity index (χ1) is 11.1. The Labute approximate surface area is 149 Å². The third-order valence-electron chi connectivity index (χ3n) is 5.00. The van der Waals surface area contributed by atoms with Gasteiger partial charge in [0.15, 0.2) is 0 Å². The Morgan fingerprint density at radius 1 is 1.20 bits per heavy atom. The summed E-state index contributed by atoms with van der Waals surface area (Å²) in [5.74, 6) is -0.252.